The van der Waals surface area contributed by atoms with Crippen LogP contribution in [0.15, 0.2) is 82.0 Å². The second-order valence-corrected chi connectivity index (χ2v) is 10.8. The van der Waals surface area contributed by atoms with Crippen LogP contribution < -0.4 is 10.1 Å². The first-order chi connectivity index (χ1) is 20.0. The average molecular weight is 577 g/mol. The van der Waals surface area contributed by atoms with Crippen molar-refractivity contribution in [1.82, 2.24) is 15.1 Å². The van der Waals surface area contributed by atoms with E-state index in [2.05, 4.69) is 10.2 Å². The molecule has 5 rings (SSSR count). The molecule has 1 N–H and O–H groups in total. The van der Waals surface area contributed by atoms with Crippen LogP contribution in [-0.4, -0.2) is 72.8 Å². The molecule has 0 spiro atoms. The Morgan fingerprint density at radius 1 is 1.12 bits per heavy atom. The molecule has 216 valence electrons. The summed E-state index contributed by atoms with van der Waals surface area (Å²) in [5, 5.41) is 5.73. The monoisotopic (exact) mass is 576 g/mol. The second kappa shape index (κ2) is 13.8. The van der Waals surface area contributed by atoms with Gasteiger partial charge in [-0.2, -0.15) is 0 Å². The first-order valence-corrected chi connectivity index (χ1v) is 14.9. The predicted molar refractivity (Wildman–Crippen MR) is 159 cm³/mol. The van der Waals surface area contributed by atoms with Crippen molar-refractivity contribution in [3.8, 4) is 5.75 Å². The highest BCUT2D eigenvalue weighted by atomic mass is 32.2. The molecule has 0 unspecified atom stereocenters. The highest BCUT2D eigenvalue weighted by Crippen LogP contribution is 2.45. The van der Waals surface area contributed by atoms with E-state index < -0.39 is 12.0 Å². The number of nitrogens with one attached hydrogen (secondary N) is 1. The third-order valence-corrected chi connectivity index (χ3v) is 8.00. The van der Waals surface area contributed by atoms with Crippen LogP contribution in [0.4, 0.5) is 0 Å². The van der Waals surface area contributed by atoms with Gasteiger partial charge in [0, 0.05) is 31.9 Å². The zero-order valence-electron chi connectivity index (χ0n) is 23.5. The van der Waals surface area contributed by atoms with Crippen LogP contribution in [0, 0.1) is 0 Å². The van der Waals surface area contributed by atoms with Crippen molar-refractivity contribution in [2.75, 3.05) is 46.0 Å². The number of hydrogen-bond donors (Lipinski definition) is 1. The van der Waals surface area contributed by atoms with E-state index in [1.807, 2.05) is 71.8 Å². The van der Waals surface area contributed by atoms with E-state index in [1.165, 1.54) is 11.8 Å². The number of esters is 1. The molecule has 9 nitrogen and oxygen atoms in total. The van der Waals surface area contributed by atoms with Gasteiger partial charge in [-0.05, 0) is 42.5 Å². The summed E-state index contributed by atoms with van der Waals surface area (Å²) in [5.74, 6) is 0.197. The zero-order chi connectivity index (χ0) is 28.6. The minimum Gasteiger partial charge on any atom is -0.489 e. The fraction of sp³-hybridized carbons (Fsp3) is 0.387. The minimum absolute atomic E-state index is 0.0750. The third-order valence-electron chi connectivity index (χ3n) is 7.11. The number of allylic oxidation sites excluding steroid dienone is 1. The SMILES string of the molecule is CCOC(=O)C1=C(C)N=C2SC=C(CC(=O)NCCN3CCOCC3)N2[C@H]1c1cccc(OCc2ccccc2)c1. The summed E-state index contributed by atoms with van der Waals surface area (Å²) in [5.41, 5.74) is 3.76. The van der Waals surface area contributed by atoms with Crippen molar-refractivity contribution < 1.29 is 23.8 Å². The highest BCUT2D eigenvalue weighted by molar-refractivity contribution is 8.16. The Kier molecular flexibility index (Phi) is 9.76. The number of morpholine rings is 1. The second-order valence-electron chi connectivity index (χ2n) is 9.94. The molecule has 2 aromatic carbocycles. The Morgan fingerprint density at radius 3 is 2.71 bits per heavy atom. The van der Waals surface area contributed by atoms with Gasteiger partial charge in [-0.3, -0.25) is 9.69 Å². The molecule has 3 aliphatic rings. The Bertz CT molecular complexity index is 1340. The van der Waals surface area contributed by atoms with Gasteiger partial charge in [0.25, 0.3) is 0 Å². The Labute approximate surface area is 245 Å². The van der Waals surface area contributed by atoms with Crippen molar-refractivity contribution in [2.24, 2.45) is 4.99 Å². The van der Waals surface area contributed by atoms with Crippen LogP contribution in [-0.2, 0) is 25.7 Å². The molecule has 0 radical (unpaired) electrons. The van der Waals surface area contributed by atoms with Crippen molar-refractivity contribution in [3.05, 3.63) is 88.1 Å². The Hall–Kier alpha value is -3.60. The largest absolute Gasteiger partial charge is 0.489 e. The molecule has 3 heterocycles. The summed E-state index contributed by atoms with van der Waals surface area (Å²) < 4.78 is 17.0. The molecule has 2 aromatic rings. The van der Waals surface area contributed by atoms with Crippen molar-refractivity contribution in [2.45, 2.75) is 32.9 Å². The molecular formula is C31H36N4O5S. The number of amides is 1. The molecular weight excluding hydrogens is 540 g/mol. The van der Waals surface area contributed by atoms with Gasteiger partial charge >= 0.3 is 5.97 Å². The molecule has 1 amide bonds. The molecule has 0 aliphatic carbocycles. The zero-order valence-corrected chi connectivity index (χ0v) is 24.3. The summed E-state index contributed by atoms with van der Waals surface area (Å²) in [6.45, 7) is 8.86. The number of amidine groups is 1. The van der Waals surface area contributed by atoms with Crippen LogP contribution in [0.25, 0.3) is 0 Å². The third kappa shape index (κ3) is 7.19. The van der Waals surface area contributed by atoms with Crippen LogP contribution in [0.5, 0.6) is 5.75 Å². The van der Waals surface area contributed by atoms with Gasteiger partial charge in [0.15, 0.2) is 5.17 Å². The van der Waals surface area contributed by atoms with Gasteiger partial charge in [0.1, 0.15) is 12.4 Å². The number of benzene rings is 2. The summed E-state index contributed by atoms with van der Waals surface area (Å²) >= 11 is 1.46. The number of hydrogen-bond acceptors (Lipinski definition) is 9. The van der Waals surface area contributed by atoms with Crippen molar-refractivity contribution in [1.29, 1.82) is 0 Å². The summed E-state index contributed by atoms with van der Waals surface area (Å²) in [7, 11) is 0. The Morgan fingerprint density at radius 2 is 1.93 bits per heavy atom. The van der Waals surface area contributed by atoms with Crippen molar-refractivity contribution >= 4 is 28.8 Å². The van der Waals surface area contributed by atoms with Gasteiger partial charge < -0.3 is 24.4 Å². The van der Waals surface area contributed by atoms with Crippen LogP contribution >= 0.6 is 11.8 Å². The smallest absolute Gasteiger partial charge is 0.338 e. The lowest BCUT2D eigenvalue weighted by molar-refractivity contribution is -0.139. The fourth-order valence-corrected chi connectivity index (χ4v) is 6.04. The van der Waals surface area contributed by atoms with E-state index in [0.29, 0.717) is 30.2 Å². The van der Waals surface area contributed by atoms with Crippen LogP contribution in [0.1, 0.15) is 37.4 Å². The number of carbonyl (C=O) groups excluding carboxylic acids is 2. The molecule has 3 aliphatic heterocycles. The highest BCUT2D eigenvalue weighted by Gasteiger charge is 2.41. The van der Waals surface area contributed by atoms with Gasteiger partial charge in [-0.15, -0.1) is 0 Å². The van der Waals surface area contributed by atoms with E-state index in [1.54, 1.807) is 6.92 Å². The van der Waals surface area contributed by atoms with Crippen molar-refractivity contribution in [3.63, 3.8) is 0 Å². The number of nitrogens with zero attached hydrogens (tertiary/aromatic N) is 3. The molecule has 0 bridgehead atoms. The van der Waals surface area contributed by atoms with E-state index >= 15 is 0 Å². The quantitative estimate of drug-likeness (QED) is 0.397. The molecule has 1 atom stereocenters. The number of thioether (sulfide) groups is 1. The van der Waals surface area contributed by atoms with Gasteiger partial charge in [-0.1, -0.05) is 54.2 Å². The van der Waals surface area contributed by atoms with E-state index in [0.717, 1.165) is 54.8 Å². The standard InChI is InChI=1S/C31H36N4O5S/c1-3-39-30(37)28-22(2)33-31-35(25(21-41-31)19-27(36)32-12-13-34-14-16-38-17-15-34)29(28)24-10-7-11-26(18-24)40-20-23-8-5-4-6-9-23/h4-11,18,21,29H,3,12-17,19-20H2,1-2H3,(H,32,36)/t29-/m0/s1. The lowest BCUT2D eigenvalue weighted by atomic mass is 9.93. The number of fused-ring (bicyclic) bond motifs is 1. The van der Waals surface area contributed by atoms with E-state index in [-0.39, 0.29) is 18.9 Å². The minimum atomic E-state index is -0.510. The maximum absolute atomic E-state index is 13.3. The van der Waals surface area contributed by atoms with Gasteiger partial charge in [0.05, 0.1) is 43.6 Å². The molecule has 1 saturated heterocycles. The fourth-order valence-electron chi connectivity index (χ4n) is 5.08. The normalized spacial score (nSPS) is 18.9. The lowest BCUT2D eigenvalue weighted by Gasteiger charge is -2.36. The molecule has 10 heteroatoms. The van der Waals surface area contributed by atoms with Gasteiger partial charge in [0.2, 0.25) is 5.91 Å². The molecule has 1 fully saturated rings. The first-order valence-electron chi connectivity index (χ1n) is 14.0. The molecule has 0 saturated carbocycles. The van der Waals surface area contributed by atoms with Gasteiger partial charge in [-0.25, -0.2) is 9.79 Å². The lowest BCUT2D eigenvalue weighted by Crippen LogP contribution is -2.42. The summed E-state index contributed by atoms with van der Waals surface area (Å²) in [6, 6.07) is 17.2. The van der Waals surface area contributed by atoms with E-state index in [9.17, 15) is 9.59 Å². The average Bonchev–Trinajstić information content (AvgIpc) is 3.38. The number of rotatable bonds is 11. The summed E-state index contributed by atoms with van der Waals surface area (Å²) in [4.78, 5) is 35.3. The first kappa shape index (κ1) is 28.9. The predicted octanol–water partition coefficient (Wildman–Crippen LogP) is 4.24. The number of aliphatic imine (C=N–C) groups is 1. The maximum Gasteiger partial charge on any atom is 0.338 e. The summed E-state index contributed by atoms with van der Waals surface area (Å²) in [6.07, 6.45) is 0.172. The van der Waals surface area contributed by atoms with Crippen LogP contribution in [0.3, 0.4) is 0 Å². The van der Waals surface area contributed by atoms with E-state index in [4.69, 9.17) is 19.2 Å². The number of carbonyl (C=O) groups is 2. The van der Waals surface area contributed by atoms with Crippen LogP contribution in [0.2, 0.25) is 0 Å². The Balaban J connectivity index is 1.35. The topological polar surface area (TPSA) is 92.7 Å². The molecule has 41 heavy (non-hydrogen) atoms. The molecule has 0 aromatic heterocycles. The maximum atomic E-state index is 13.3. The number of ether oxygens (including phenoxy) is 3.